The fourth-order valence-electron chi connectivity index (χ4n) is 2.17. The summed E-state index contributed by atoms with van der Waals surface area (Å²) in [4.78, 5) is 12.2. The molecule has 0 saturated carbocycles. The molecule has 8 heteroatoms. The van der Waals surface area contributed by atoms with Gasteiger partial charge in [0.2, 0.25) is 0 Å². The molecule has 0 bridgehead atoms. The van der Waals surface area contributed by atoms with Crippen molar-refractivity contribution in [2.75, 3.05) is 23.9 Å². The van der Waals surface area contributed by atoms with Gasteiger partial charge < -0.3 is 15.4 Å². The molecule has 1 atom stereocenters. The Balaban J connectivity index is 1.90. The monoisotopic (exact) mass is 396 g/mol. The van der Waals surface area contributed by atoms with Crippen LogP contribution in [0.5, 0.6) is 5.75 Å². The van der Waals surface area contributed by atoms with Crippen LogP contribution in [-0.2, 0) is 9.84 Å². The van der Waals surface area contributed by atoms with Gasteiger partial charge in [-0.05, 0) is 36.8 Å². The van der Waals surface area contributed by atoms with E-state index < -0.39 is 9.84 Å². The average molecular weight is 397 g/mol. The van der Waals surface area contributed by atoms with E-state index in [0.29, 0.717) is 16.5 Å². The smallest absolute Gasteiger partial charge is 0.319 e. The molecule has 0 aliphatic carbocycles. The van der Waals surface area contributed by atoms with Gasteiger partial charge in [0.05, 0.1) is 11.8 Å². The van der Waals surface area contributed by atoms with Crippen molar-refractivity contribution in [3.05, 3.63) is 59.1 Å². The Morgan fingerprint density at radius 1 is 1.19 bits per heavy atom. The summed E-state index contributed by atoms with van der Waals surface area (Å²) in [5.74, 6) is 0.418. The van der Waals surface area contributed by atoms with Crippen LogP contribution in [0, 0.1) is 0 Å². The Morgan fingerprint density at radius 3 is 2.54 bits per heavy atom. The van der Waals surface area contributed by atoms with Crippen LogP contribution in [0.4, 0.5) is 10.5 Å². The number of carbonyl (C=O) groups excluding carboxylic acids is 1. The van der Waals surface area contributed by atoms with Crippen LogP contribution in [0.1, 0.15) is 18.5 Å². The van der Waals surface area contributed by atoms with Gasteiger partial charge in [0.1, 0.15) is 12.4 Å². The van der Waals surface area contributed by atoms with E-state index >= 15 is 0 Å². The number of amides is 2. The number of halogens is 1. The maximum atomic E-state index is 12.2. The van der Waals surface area contributed by atoms with Crippen LogP contribution in [-0.4, -0.2) is 33.1 Å². The first-order chi connectivity index (χ1) is 12.2. The molecule has 2 amide bonds. The van der Waals surface area contributed by atoms with Crippen molar-refractivity contribution < 1.29 is 17.9 Å². The number of urea groups is 1. The molecule has 6 nitrogen and oxygen atoms in total. The van der Waals surface area contributed by atoms with Crippen molar-refractivity contribution in [1.82, 2.24) is 5.32 Å². The summed E-state index contributed by atoms with van der Waals surface area (Å²) in [5, 5.41) is 6.20. The molecule has 2 aromatic rings. The fourth-order valence-corrected chi connectivity index (χ4v) is 2.69. The van der Waals surface area contributed by atoms with Crippen molar-refractivity contribution >= 4 is 33.2 Å². The van der Waals surface area contributed by atoms with Crippen LogP contribution in [0.3, 0.4) is 0 Å². The van der Waals surface area contributed by atoms with Crippen molar-refractivity contribution in [3.8, 4) is 5.75 Å². The number of benzene rings is 2. The number of anilines is 1. The fraction of sp³-hybridized carbons (Fsp3) is 0.278. The summed E-state index contributed by atoms with van der Waals surface area (Å²) in [6, 6.07) is 13.4. The van der Waals surface area contributed by atoms with Gasteiger partial charge in [-0.1, -0.05) is 29.8 Å². The minimum Gasteiger partial charge on any atom is -0.492 e. The Kier molecular flexibility index (Phi) is 6.88. The van der Waals surface area contributed by atoms with E-state index in [2.05, 4.69) is 10.6 Å². The van der Waals surface area contributed by atoms with E-state index in [-0.39, 0.29) is 24.4 Å². The zero-order valence-corrected chi connectivity index (χ0v) is 16.1. The molecule has 0 aliphatic rings. The maximum Gasteiger partial charge on any atom is 0.319 e. The number of nitrogens with one attached hydrogen (secondary N) is 2. The molecule has 2 rings (SSSR count). The first kappa shape index (κ1) is 20.1. The van der Waals surface area contributed by atoms with E-state index in [1.54, 1.807) is 36.4 Å². The second kappa shape index (κ2) is 8.91. The number of hydrogen-bond donors (Lipinski definition) is 2. The number of carbonyl (C=O) groups is 1. The van der Waals surface area contributed by atoms with Gasteiger partial charge in [0, 0.05) is 23.0 Å². The first-order valence-electron chi connectivity index (χ1n) is 7.96. The van der Waals surface area contributed by atoms with Crippen molar-refractivity contribution in [2.45, 2.75) is 13.0 Å². The van der Waals surface area contributed by atoms with Crippen molar-refractivity contribution in [3.63, 3.8) is 0 Å². The van der Waals surface area contributed by atoms with Gasteiger partial charge in [-0.3, -0.25) is 0 Å². The van der Waals surface area contributed by atoms with Gasteiger partial charge in [0.15, 0.2) is 9.84 Å². The molecule has 0 saturated heterocycles. The Hall–Kier alpha value is -2.25. The van der Waals surface area contributed by atoms with E-state index in [1.165, 1.54) is 0 Å². The second-order valence-corrected chi connectivity index (χ2v) is 8.57. The van der Waals surface area contributed by atoms with E-state index in [1.807, 2.05) is 19.1 Å². The Bertz CT molecular complexity index is 854. The quantitative estimate of drug-likeness (QED) is 0.748. The van der Waals surface area contributed by atoms with Gasteiger partial charge in [0.25, 0.3) is 0 Å². The molecule has 0 aromatic heterocycles. The van der Waals surface area contributed by atoms with Gasteiger partial charge >= 0.3 is 6.03 Å². The third kappa shape index (κ3) is 6.93. The van der Waals surface area contributed by atoms with Gasteiger partial charge in [-0.15, -0.1) is 0 Å². The van der Waals surface area contributed by atoms with Crippen LogP contribution < -0.4 is 15.4 Å². The molecule has 0 fully saturated rings. The van der Waals surface area contributed by atoms with Crippen molar-refractivity contribution in [1.29, 1.82) is 0 Å². The lowest BCUT2D eigenvalue weighted by atomic mass is 10.1. The summed E-state index contributed by atoms with van der Waals surface area (Å²) >= 11 is 5.86. The minimum absolute atomic E-state index is 0.0576. The molecule has 2 aromatic carbocycles. The average Bonchev–Trinajstić information content (AvgIpc) is 2.54. The molecule has 0 heterocycles. The molecule has 0 radical (unpaired) electrons. The highest BCUT2D eigenvalue weighted by atomic mass is 35.5. The summed E-state index contributed by atoms with van der Waals surface area (Å²) in [6.07, 6.45) is 1.15. The standard InChI is InChI=1S/C18H21ClN2O4S/c1-13(14-6-8-15(19)9-7-14)20-18(22)21-16-4-3-5-17(12-16)25-10-11-26(2,23)24/h3-9,12-13H,10-11H2,1-2H3,(H2,20,21,22). The SMILES string of the molecule is CC(NC(=O)Nc1cccc(OCCS(C)(=O)=O)c1)c1ccc(Cl)cc1. The topological polar surface area (TPSA) is 84.5 Å². The largest absolute Gasteiger partial charge is 0.492 e. The lowest BCUT2D eigenvalue weighted by molar-refractivity contribution is 0.249. The molecular formula is C18H21ClN2O4S. The summed E-state index contributed by atoms with van der Waals surface area (Å²) < 4.78 is 27.6. The highest BCUT2D eigenvalue weighted by Gasteiger charge is 2.10. The summed E-state index contributed by atoms with van der Waals surface area (Å²) in [6.45, 7) is 1.93. The number of ether oxygens (including phenoxy) is 1. The highest BCUT2D eigenvalue weighted by Crippen LogP contribution is 2.19. The van der Waals surface area contributed by atoms with Crippen LogP contribution in [0.25, 0.3) is 0 Å². The number of rotatable bonds is 7. The molecular weight excluding hydrogens is 376 g/mol. The zero-order valence-electron chi connectivity index (χ0n) is 14.5. The lowest BCUT2D eigenvalue weighted by Gasteiger charge is -2.15. The van der Waals surface area contributed by atoms with Gasteiger partial charge in [-0.25, -0.2) is 13.2 Å². The first-order valence-corrected chi connectivity index (χ1v) is 10.4. The Labute approximate surface area is 158 Å². The lowest BCUT2D eigenvalue weighted by Crippen LogP contribution is -2.31. The van der Waals surface area contributed by atoms with Crippen LogP contribution in [0.15, 0.2) is 48.5 Å². The van der Waals surface area contributed by atoms with E-state index in [0.717, 1.165) is 11.8 Å². The molecule has 1 unspecified atom stereocenters. The molecule has 140 valence electrons. The van der Waals surface area contributed by atoms with E-state index in [4.69, 9.17) is 16.3 Å². The summed E-state index contributed by atoms with van der Waals surface area (Å²) in [7, 11) is -3.08. The highest BCUT2D eigenvalue weighted by molar-refractivity contribution is 7.90. The van der Waals surface area contributed by atoms with Crippen LogP contribution in [0.2, 0.25) is 5.02 Å². The molecule has 0 spiro atoms. The Morgan fingerprint density at radius 2 is 1.88 bits per heavy atom. The predicted molar refractivity (Wildman–Crippen MR) is 104 cm³/mol. The predicted octanol–water partition coefficient (Wildman–Crippen LogP) is 3.65. The molecule has 2 N–H and O–H groups in total. The molecule has 0 aliphatic heterocycles. The third-order valence-electron chi connectivity index (χ3n) is 3.53. The van der Waals surface area contributed by atoms with E-state index in [9.17, 15) is 13.2 Å². The normalized spacial score (nSPS) is 12.3. The second-order valence-electron chi connectivity index (χ2n) is 5.88. The minimum atomic E-state index is -3.08. The van der Waals surface area contributed by atoms with Crippen molar-refractivity contribution in [2.24, 2.45) is 0 Å². The third-order valence-corrected chi connectivity index (χ3v) is 4.69. The zero-order chi connectivity index (χ0) is 19.2. The molecule has 26 heavy (non-hydrogen) atoms. The van der Waals surface area contributed by atoms with Crippen LogP contribution >= 0.6 is 11.6 Å². The summed E-state index contributed by atoms with van der Waals surface area (Å²) in [5.41, 5.74) is 1.48. The number of sulfone groups is 1. The van der Waals surface area contributed by atoms with Gasteiger partial charge in [-0.2, -0.15) is 0 Å². The maximum absolute atomic E-state index is 12.2. The number of hydrogen-bond acceptors (Lipinski definition) is 4.